The van der Waals surface area contributed by atoms with E-state index in [4.69, 9.17) is 9.47 Å². The number of nitriles is 1. The number of aromatic nitrogens is 3. The molecule has 0 fully saturated rings. The van der Waals surface area contributed by atoms with Gasteiger partial charge in [0.2, 0.25) is 0 Å². The van der Waals surface area contributed by atoms with E-state index in [9.17, 15) is 5.26 Å². The van der Waals surface area contributed by atoms with Crippen LogP contribution in [0, 0.1) is 11.3 Å². The van der Waals surface area contributed by atoms with E-state index in [-0.39, 0.29) is 0 Å². The second-order valence-corrected chi connectivity index (χ2v) is 5.55. The highest BCUT2D eigenvalue weighted by molar-refractivity contribution is 5.87. The molecule has 0 saturated heterocycles. The van der Waals surface area contributed by atoms with Crippen molar-refractivity contribution in [3.63, 3.8) is 0 Å². The number of nitrogens with zero attached hydrogens (tertiary/aromatic N) is 3. The Morgan fingerprint density at radius 2 is 1.88 bits per heavy atom. The molecule has 0 aliphatic heterocycles. The third kappa shape index (κ3) is 3.90. The van der Waals surface area contributed by atoms with Crippen molar-refractivity contribution in [2.45, 2.75) is 6.42 Å². The first kappa shape index (κ1) is 17.2. The molecule has 0 spiro atoms. The van der Waals surface area contributed by atoms with Crippen molar-refractivity contribution < 1.29 is 9.47 Å². The molecule has 130 valence electrons. The summed E-state index contributed by atoms with van der Waals surface area (Å²) in [6.07, 6.45) is 2.35. The highest BCUT2D eigenvalue weighted by Crippen LogP contribution is 2.29. The molecule has 1 aromatic heterocycles. The van der Waals surface area contributed by atoms with Gasteiger partial charge in [-0.25, -0.2) is 4.98 Å². The molecule has 3 rings (SSSR count). The van der Waals surface area contributed by atoms with Crippen LogP contribution in [0.3, 0.4) is 0 Å². The van der Waals surface area contributed by atoms with E-state index in [0.717, 1.165) is 11.1 Å². The lowest BCUT2D eigenvalue weighted by Crippen LogP contribution is -1.92. The first-order valence-corrected chi connectivity index (χ1v) is 8.03. The smallest absolute Gasteiger partial charge is 0.191 e. The SMILES string of the molecule is COc1ccc(C=C(C#N)c2n[nH]c(Cc3ccccc3)n2)cc1OC. The lowest BCUT2D eigenvalue weighted by atomic mass is 10.1. The van der Waals surface area contributed by atoms with Crippen LogP contribution in [-0.2, 0) is 6.42 Å². The molecule has 0 aliphatic rings. The highest BCUT2D eigenvalue weighted by Gasteiger charge is 2.10. The number of allylic oxidation sites excluding steroid dienone is 1. The van der Waals surface area contributed by atoms with Crippen molar-refractivity contribution in [1.29, 1.82) is 5.26 Å². The summed E-state index contributed by atoms with van der Waals surface area (Å²) in [6.45, 7) is 0. The molecule has 0 radical (unpaired) electrons. The fourth-order valence-electron chi connectivity index (χ4n) is 2.54. The molecule has 3 aromatic rings. The third-order valence-electron chi connectivity index (χ3n) is 3.83. The molecular weight excluding hydrogens is 328 g/mol. The van der Waals surface area contributed by atoms with Gasteiger partial charge in [0.1, 0.15) is 11.9 Å². The molecule has 0 atom stereocenters. The third-order valence-corrected chi connectivity index (χ3v) is 3.83. The summed E-state index contributed by atoms with van der Waals surface area (Å²) >= 11 is 0. The predicted octanol–water partition coefficient (Wildman–Crippen LogP) is 3.48. The maximum Gasteiger partial charge on any atom is 0.191 e. The van der Waals surface area contributed by atoms with Gasteiger partial charge in [0.15, 0.2) is 17.3 Å². The van der Waals surface area contributed by atoms with Crippen molar-refractivity contribution in [3.8, 4) is 17.6 Å². The summed E-state index contributed by atoms with van der Waals surface area (Å²) in [6, 6.07) is 17.5. The standard InChI is InChI=1S/C20H18N4O2/c1-25-17-9-8-15(11-18(17)26-2)10-16(13-21)20-22-19(23-24-20)12-14-6-4-3-5-7-14/h3-11H,12H2,1-2H3,(H,22,23,24). The number of hydrogen-bond acceptors (Lipinski definition) is 5. The Morgan fingerprint density at radius 1 is 1.12 bits per heavy atom. The Morgan fingerprint density at radius 3 is 2.58 bits per heavy atom. The van der Waals surface area contributed by atoms with Gasteiger partial charge in [0.25, 0.3) is 0 Å². The largest absolute Gasteiger partial charge is 0.493 e. The van der Waals surface area contributed by atoms with E-state index in [2.05, 4.69) is 21.3 Å². The molecule has 0 saturated carbocycles. The topological polar surface area (TPSA) is 83.8 Å². The molecule has 6 nitrogen and oxygen atoms in total. The Kier molecular flexibility index (Phi) is 5.30. The van der Waals surface area contributed by atoms with Gasteiger partial charge >= 0.3 is 0 Å². The van der Waals surface area contributed by atoms with Crippen LogP contribution in [0.2, 0.25) is 0 Å². The average molecular weight is 346 g/mol. The molecule has 0 unspecified atom stereocenters. The van der Waals surface area contributed by atoms with Crippen molar-refractivity contribution in [2.75, 3.05) is 14.2 Å². The predicted molar refractivity (Wildman–Crippen MR) is 98.7 cm³/mol. The maximum absolute atomic E-state index is 9.50. The Balaban J connectivity index is 1.85. The molecule has 0 bridgehead atoms. The van der Waals surface area contributed by atoms with Crippen LogP contribution in [0.15, 0.2) is 48.5 Å². The van der Waals surface area contributed by atoms with Gasteiger partial charge in [-0.05, 0) is 29.3 Å². The molecule has 6 heteroatoms. The number of H-pyrrole nitrogens is 1. The Bertz CT molecular complexity index is 955. The van der Waals surface area contributed by atoms with Gasteiger partial charge < -0.3 is 9.47 Å². The summed E-state index contributed by atoms with van der Waals surface area (Å²) in [5.74, 6) is 2.30. The maximum atomic E-state index is 9.50. The zero-order valence-corrected chi connectivity index (χ0v) is 14.6. The van der Waals surface area contributed by atoms with Gasteiger partial charge in [-0.2, -0.15) is 10.4 Å². The van der Waals surface area contributed by atoms with Crippen LogP contribution >= 0.6 is 0 Å². The van der Waals surface area contributed by atoms with Crippen LogP contribution in [0.5, 0.6) is 11.5 Å². The number of aromatic amines is 1. The highest BCUT2D eigenvalue weighted by atomic mass is 16.5. The quantitative estimate of drug-likeness (QED) is 0.691. The molecule has 0 aliphatic carbocycles. The normalized spacial score (nSPS) is 11.0. The monoisotopic (exact) mass is 346 g/mol. The van der Waals surface area contributed by atoms with Crippen molar-refractivity contribution in [2.24, 2.45) is 0 Å². The van der Waals surface area contributed by atoms with Crippen molar-refractivity contribution >= 4 is 11.6 Å². The Hall–Kier alpha value is -3.59. The molecule has 0 amide bonds. The summed E-state index contributed by atoms with van der Waals surface area (Å²) in [5, 5.41) is 16.6. The summed E-state index contributed by atoms with van der Waals surface area (Å²) in [5.41, 5.74) is 2.29. The van der Waals surface area contributed by atoms with Crippen molar-refractivity contribution in [1.82, 2.24) is 15.2 Å². The van der Waals surface area contributed by atoms with Gasteiger partial charge in [0, 0.05) is 6.42 Å². The van der Waals surface area contributed by atoms with Crippen LogP contribution in [0.25, 0.3) is 11.6 Å². The van der Waals surface area contributed by atoms with Gasteiger partial charge in [-0.3, -0.25) is 5.10 Å². The summed E-state index contributed by atoms with van der Waals surface area (Å²) in [4.78, 5) is 4.44. The minimum atomic E-state index is 0.368. The van der Waals surface area contributed by atoms with Gasteiger partial charge in [-0.1, -0.05) is 36.4 Å². The van der Waals surface area contributed by atoms with E-state index >= 15 is 0 Å². The molecular formula is C20H18N4O2. The summed E-state index contributed by atoms with van der Waals surface area (Å²) < 4.78 is 10.5. The minimum absolute atomic E-state index is 0.368. The summed E-state index contributed by atoms with van der Waals surface area (Å²) in [7, 11) is 3.15. The number of hydrogen-bond donors (Lipinski definition) is 1. The fourth-order valence-corrected chi connectivity index (χ4v) is 2.54. The van der Waals surface area contributed by atoms with Crippen molar-refractivity contribution in [3.05, 3.63) is 71.3 Å². The lowest BCUT2D eigenvalue weighted by Gasteiger charge is -2.07. The van der Waals surface area contributed by atoms with E-state index in [0.29, 0.717) is 35.1 Å². The van der Waals surface area contributed by atoms with Crippen LogP contribution < -0.4 is 9.47 Å². The number of methoxy groups -OCH3 is 2. The lowest BCUT2D eigenvalue weighted by molar-refractivity contribution is 0.355. The van der Waals surface area contributed by atoms with Crippen LogP contribution in [0.4, 0.5) is 0 Å². The van der Waals surface area contributed by atoms with Gasteiger partial charge in [0.05, 0.1) is 19.8 Å². The fraction of sp³-hybridized carbons (Fsp3) is 0.150. The molecule has 26 heavy (non-hydrogen) atoms. The molecule has 1 N–H and O–H groups in total. The molecule has 1 heterocycles. The first-order chi connectivity index (χ1) is 12.7. The van der Waals surface area contributed by atoms with E-state index < -0.39 is 0 Å². The van der Waals surface area contributed by atoms with E-state index in [1.165, 1.54) is 0 Å². The van der Waals surface area contributed by atoms with Gasteiger partial charge in [-0.15, -0.1) is 0 Å². The van der Waals surface area contributed by atoms with Crippen LogP contribution in [-0.4, -0.2) is 29.4 Å². The number of benzene rings is 2. The van der Waals surface area contributed by atoms with Crippen LogP contribution in [0.1, 0.15) is 22.8 Å². The second-order valence-electron chi connectivity index (χ2n) is 5.55. The zero-order valence-electron chi connectivity index (χ0n) is 14.6. The zero-order chi connectivity index (χ0) is 18.4. The van der Waals surface area contributed by atoms with E-state index in [1.54, 1.807) is 32.4 Å². The average Bonchev–Trinajstić information content (AvgIpc) is 3.14. The number of rotatable bonds is 6. The van der Waals surface area contributed by atoms with E-state index in [1.807, 2.05) is 36.4 Å². The Labute approximate surface area is 151 Å². The molecule has 2 aromatic carbocycles. The number of ether oxygens (including phenoxy) is 2. The number of nitrogens with one attached hydrogen (secondary N) is 1. The minimum Gasteiger partial charge on any atom is -0.493 e. The first-order valence-electron chi connectivity index (χ1n) is 8.03. The second kappa shape index (κ2) is 7.99.